The van der Waals surface area contributed by atoms with Crippen molar-refractivity contribution in [1.82, 2.24) is 4.90 Å². The highest BCUT2D eigenvalue weighted by molar-refractivity contribution is 5.41. The maximum Gasteiger partial charge on any atom is 0.146 e. The van der Waals surface area contributed by atoms with E-state index in [-0.39, 0.29) is 11.5 Å². The largest absolute Gasteiger partial charge is 0.396 e. The van der Waals surface area contributed by atoms with E-state index in [2.05, 4.69) is 4.90 Å². The number of nitrogens with zero attached hydrogens (tertiary/aromatic N) is 1. The second-order valence-electron chi connectivity index (χ2n) is 5.46. The average Bonchev–Trinajstić information content (AvgIpc) is 3.15. The van der Waals surface area contributed by atoms with Gasteiger partial charge in [0.25, 0.3) is 0 Å². The first-order valence-corrected chi connectivity index (χ1v) is 6.50. The number of nitrogen functional groups attached to an aromatic ring is 1. The molecule has 2 saturated carbocycles. The lowest BCUT2D eigenvalue weighted by Crippen LogP contribution is -2.27. The topological polar surface area (TPSA) is 29.3 Å². The maximum absolute atomic E-state index is 13.4. The Morgan fingerprint density at radius 3 is 2.59 bits per heavy atom. The van der Waals surface area contributed by atoms with Gasteiger partial charge >= 0.3 is 0 Å². The third kappa shape index (κ3) is 2.78. The molecular formula is C14H19FN2. The molecule has 0 spiro atoms. The fourth-order valence-corrected chi connectivity index (χ4v) is 2.32. The molecule has 1 aromatic rings. The van der Waals surface area contributed by atoms with Gasteiger partial charge < -0.3 is 5.73 Å². The molecule has 3 rings (SSSR count). The molecule has 0 aliphatic heterocycles. The summed E-state index contributed by atoms with van der Waals surface area (Å²) in [6.07, 6.45) is 5.37. The lowest BCUT2D eigenvalue weighted by Gasteiger charge is -2.22. The number of anilines is 1. The first-order valence-electron chi connectivity index (χ1n) is 6.50. The average molecular weight is 234 g/mol. The summed E-state index contributed by atoms with van der Waals surface area (Å²) in [6.45, 7) is 2.06. The van der Waals surface area contributed by atoms with E-state index in [0.29, 0.717) is 0 Å². The third-order valence-electron chi connectivity index (χ3n) is 3.70. The molecule has 0 saturated heterocycles. The molecule has 0 heterocycles. The zero-order chi connectivity index (χ0) is 11.8. The van der Waals surface area contributed by atoms with Gasteiger partial charge in [0.15, 0.2) is 0 Å². The van der Waals surface area contributed by atoms with Gasteiger partial charge in [-0.25, -0.2) is 4.39 Å². The Kier molecular flexibility index (Phi) is 2.79. The van der Waals surface area contributed by atoms with Gasteiger partial charge in [-0.05, 0) is 49.3 Å². The van der Waals surface area contributed by atoms with Crippen molar-refractivity contribution < 1.29 is 4.39 Å². The van der Waals surface area contributed by atoms with Crippen LogP contribution in [-0.4, -0.2) is 17.5 Å². The van der Waals surface area contributed by atoms with E-state index in [9.17, 15) is 4.39 Å². The molecule has 2 aliphatic carbocycles. The number of hydrogen-bond donors (Lipinski definition) is 1. The fraction of sp³-hybridized carbons (Fsp3) is 0.571. The maximum atomic E-state index is 13.4. The zero-order valence-corrected chi connectivity index (χ0v) is 10.0. The van der Waals surface area contributed by atoms with E-state index in [0.717, 1.165) is 24.1 Å². The highest BCUT2D eigenvalue weighted by Gasteiger charge is 2.33. The number of halogens is 1. The van der Waals surface area contributed by atoms with Crippen molar-refractivity contribution in [3.63, 3.8) is 0 Å². The number of benzene rings is 1. The fourth-order valence-electron chi connectivity index (χ4n) is 2.32. The molecule has 92 valence electrons. The van der Waals surface area contributed by atoms with Gasteiger partial charge in [-0.2, -0.15) is 0 Å². The smallest absolute Gasteiger partial charge is 0.146 e. The van der Waals surface area contributed by atoms with Crippen molar-refractivity contribution in [2.75, 3.05) is 12.3 Å². The standard InChI is InChI=1S/C14H19FN2/c15-13-7-11(3-6-14(13)16)9-17(12-4-5-12)8-10-1-2-10/h3,6-7,10,12H,1-2,4-5,8-9,16H2. The first-order chi connectivity index (χ1) is 8.22. The summed E-state index contributed by atoms with van der Waals surface area (Å²) in [4.78, 5) is 2.52. The Morgan fingerprint density at radius 2 is 2.00 bits per heavy atom. The molecule has 0 unspecified atom stereocenters. The van der Waals surface area contributed by atoms with Crippen LogP contribution >= 0.6 is 0 Å². The van der Waals surface area contributed by atoms with Crippen LogP contribution in [0, 0.1) is 11.7 Å². The summed E-state index contributed by atoms with van der Waals surface area (Å²) in [5, 5.41) is 0. The van der Waals surface area contributed by atoms with Crippen molar-refractivity contribution in [3.05, 3.63) is 29.6 Å². The Hall–Kier alpha value is -1.09. The quantitative estimate of drug-likeness (QED) is 0.794. The molecule has 0 atom stereocenters. The normalized spacial score (nSPS) is 19.9. The SMILES string of the molecule is Nc1ccc(CN(CC2CC2)C2CC2)cc1F. The van der Waals surface area contributed by atoms with E-state index in [1.165, 1.54) is 32.2 Å². The van der Waals surface area contributed by atoms with E-state index in [1.807, 2.05) is 6.07 Å². The Morgan fingerprint density at radius 1 is 1.24 bits per heavy atom. The number of rotatable bonds is 5. The van der Waals surface area contributed by atoms with Crippen LogP contribution in [0.1, 0.15) is 31.2 Å². The van der Waals surface area contributed by atoms with E-state index >= 15 is 0 Å². The summed E-state index contributed by atoms with van der Waals surface area (Å²) in [7, 11) is 0. The van der Waals surface area contributed by atoms with Crippen molar-refractivity contribution in [3.8, 4) is 0 Å². The van der Waals surface area contributed by atoms with Gasteiger partial charge in [-0.3, -0.25) is 4.90 Å². The predicted octanol–water partition coefficient (Wildman–Crippen LogP) is 2.78. The van der Waals surface area contributed by atoms with E-state index in [4.69, 9.17) is 5.73 Å². The minimum Gasteiger partial charge on any atom is -0.396 e. The molecule has 2 aliphatic rings. The highest BCUT2D eigenvalue weighted by Crippen LogP contribution is 2.35. The molecule has 2 nitrogen and oxygen atoms in total. The van der Waals surface area contributed by atoms with Gasteiger partial charge in [0.05, 0.1) is 5.69 Å². The second kappa shape index (κ2) is 4.30. The van der Waals surface area contributed by atoms with Crippen molar-refractivity contribution in [1.29, 1.82) is 0 Å². The first kappa shape index (κ1) is 11.0. The predicted molar refractivity (Wildman–Crippen MR) is 67.0 cm³/mol. The monoisotopic (exact) mass is 234 g/mol. The van der Waals surface area contributed by atoms with Gasteiger partial charge in [-0.15, -0.1) is 0 Å². The molecule has 2 N–H and O–H groups in total. The van der Waals surface area contributed by atoms with Gasteiger partial charge in [0.1, 0.15) is 5.82 Å². The van der Waals surface area contributed by atoms with Crippen molar-refractivity contribution in [2.24, 2.45) is 5.92 Å². The molecule has 17 heavy (non-hydrogen) atoms. The van der Waals surface area contributed by atoms with Crippen LogP contribution in [0.25, 0.3) is 0 Å². The molecule has 2 fully saturated rings. The van der Waals surface area contributed by atoms with Crippen LogP contribution in [0.15, 0.2) is 18.2 Å². The molecule has 0 amide bonds. The van der Waals surface area contributed by atoms with Crippen LogP contribution in [0.4, 0.5) is 10.1 Å². The lowest BCUT2D eigenvalue weighted by molar-refractivity contribution is 0.244. The molecular weight excluding hydrogens is 215 g/mol. The number of nitrogens with two attached hydrogens (primary N) is 1. The van der Waals surface area contributed by atoms with Gasteiger partial charge in [0.2, 0.25) is 0 Å². The van der Waals surface area contributed by atoms with Crippen LogP contribution in [0.2, 0.25) is 0 Å². The zero-order valence-electron chi connectivity index (χ0n) is 10.0. The minimum absolute atomic E-state index is 0.244. The Bertz CT molecular complexity index is 411. The van der Waals surface area contributed by atoms with Crippen LogP contribution < -0.4 is 5.73 Å². The summed E-state index contributed by atoms with van der Waals surface area (Å²) >= 11 is 0. The minimum atomic E-state index is -0.287. The van der Waals surface area contributed by atoms with E-state index < -0.39 is 0 Å². The van der Waals surface area contributed by atoms with Gasteiger partial charge in [0, 0.05) is 19.1 Å². The van der Waals surface area contributed by atoms with Crippen LogP contribution in [-0.2, 0) is 6.54 Å². The summed E-state index contributed by atoms with van der Waals surface area (Å²) in [5.74, 6) is 0.610. The summed E-state index contributed by atoms with van der Waals surface area (Å²) < 4.78 is 13.4. The van der Waals surface area contributed by atoms with Crippen molar-refractivity contribution >= 4 is 5.69 Å². The molecule has 1 aromatic carbocycles. The molecule has 0 bridgehead atoms. The van der Waals surface area contributed by atoms with E-state index in [1.54, 1.807) is 12.1 Å². The Balaban J connectivity index is 1.67. The second-order valence-corrected chi connectivity index (χ2v) is 5.46. The van der Waals surface area contributed by atoms with Crippen LogP contribution in [0.3, 0.4) is 0 Å². The van der Waals surface area contributed by atoms with Gasteiger partial charge in [-0.1, -0.05) is 6.07 Å². The highest BCUT2D eigenvalue weighted by atomic mass is 19.1. The van der Waals surface area contributed by atoms with Crippen LogP contribution in [0.5, 0.6) is 0 Å². The number of hydrogen-bond acceptors (Lipinski definition) is 2. The Labute approximate surface area is 102 Å². The molecule has 0 radical (unpaired) electrons. The molecule has 0 aromatic heterocycles. The summed E-state index contributed by atoms with van der Waals surface area (Å²) in [5.41, 5.74) is 6.78. The summed E-state index contributed by atoms with van der Waals surface area (Å²) in [6, 6.07) is 5.95. The van der Waals surface area contributed by atoms with Crippen molar-refractivity contribution in [2.45, 2.75) is 38.3 Å². The lowest BCUT2D eigenvalue weighted by atomic mass is 10.1. The molecule has 3 heteroatoms. The third-order valence-corrected chi connectivity index (χ3v) is 3.70.